The number of aromatic nitrogens is 3. The van der Waals surface area contributed by atoms with Gasteiger partial charge >= 0.3 is 5.97 Å². The third-order valence-corrected chi connectivity index (χ3v) is 7.15. The van der Waals surface area contributed by atoms with Crippen LogP contribution in [-0.2, 0) is 16.1 Å². The molecule has 34 heavy (non-hydrogen) atoms. The fourth-order valence-electron chi connectivity index (χ4n) is 3.29. The largest absolute Gasteiger partial charge is 0.469 e. The van der Waals surface area contributed by atoms with E-state index in [1.165, 1.54) is 23.8 Å². The lowest BCUT2D eigenvalue weighted by Crippen LogP contribution is -2.21. The monoisotopic (exact) mass is 505 g/mol. The molecule has 2 amide bonds. The molecule has 0 aromatic carbocycles. The minimum Gasteiger partial charge on any atom is -0.469 e. The average Bonchev–Trinajstić information content (AvgIpc) is 3.48. The van der Waals surface area contributed by atoms with Crippen molar-refractivity contribution in [1.29, 1.82) is 0 Å². The van der Waals surface area contributed by atoms with E-state index in [-0.39, 0.29) is 28.1 Å². The van der Waals surface area contributed by atoms with Crippen LogP contribution in [0.4, 0.5) is 5.00 Å². The molecule has 0 aliphatic carbocycles. The fourth-order valence-corrected chi connectivity index (χ4v) is 5.28. The van der Waals surface area contributed by atoms with Gasteiger partial charge in [0.25, 0.3) is 5.91 Å². The van der Waals surface area contributed by atoms with Crippen molar-refractivity contribution in [1.82, 2.24) is 19.7 Å². The van der Waals surface area contributed by atoms with E-state index in [0.717, 1.165) is 29.1 Å². The van der Waals surface area contributed by atoms with Gasteiger partial charge in [0, 0.05) is 20.6 Å². The predicted octanol–water partition coefficient (Wildman–Crippen LogP) is 3.85. The molecule has 0 radical (unpaired) electrons. The van der Waals surface area contributed by atoms with Gasteiger partial charge < -0.3 is 23.9 Å². The van der Waals surface area contributed by atoms with Crippen molar-refractivity contribution in [3.63, 3.8) is 0 Å². The quantitative estimate of drug-likeness (QED) is 0.344. The van der Waals surface area contributed by atoms with Gasteiger partial charge in [0.05, 0.1) is 35.1 Å². The number of thiophene rings is 1. The van der Waals surface area contributed by atoms with E-state index in [0.29, 0.717) is 28.0 Å². The number of thioether (sulfide) groups is 1. The lowest BCUT2D eigenvalue weighted by atomic mass is 10.1. The Morgan fingerprint density at radius 3 is 2.59 bits per heavy atom. The van der Waals surface area contributed by atoms with Gasteiger partial charge in [-0.05, 0) is 31.9 Å². The summed E-state index contributed by atoms with van der Waals surface area (Å²) in [6.07, 6.45) is 2.47. The molecule has 0 saturated heterocycles. The Morgan fingerprint density at radius 2 is 2.00 bits per heavy atom. The van der Waals surface area contributed by atoms with E-state index in [1.54, 1.807) is 27.3 Å². The molecule has 3 aromatic heterocycles. The van der Waals surface area contributed by atoms with Crippen LogP contribution in [0.2, 0.25) is 0 Å². The van der Waals surface area contributed by atoms with E-state index in [4.69, 9.17) is 9.15 Å². The lowest BCUT2D eigenvalue weighted by molar-refractivity contribution is -0.113. The molecule has 182 valence electrons. The van der Waals surface area contributed by atoms with Crippen LogP contribution in [0.25, 0.3) is 11.4 Å². The summed E-state index contributed by atoms with van der Waals surface area (Å²) in [5.74, 6) is 0.262. The molecule has 3 aromatic rings. The summed E-state index contributed by atoms with van der Waals surface area (Å²) >= 11 is 2.30. The first-order valence-electron chi connectivity index (χ1n) is 10.5. The van der Waals surface area contributed by atoms with Gasteiger partial charge in [-0.15, -0.1) is 21.5 Å². The Labute approximate surface area is 205 Å². The van der Waals surface area contributed by atoms with Crippen molar-refractivity contribution in [2.75, 3.05) is 32.3 Å². The van der Waals surface area contributed by atoms with Gasteiger partial charge in [0.2, 0.25) is 5.91 Å². The van der Waals surface area contributed by atoms with Crippen LogP contribution in [0.15, 0.2) is 21.9 Å². The highest BCUT2D eigenvalue weighted by atomic mass is 32.2. The number of aryl methyl sites for hydroxylation is 1. The molecule has 10 nitrogen and oxygen atoms in total. The Morgan fingerprint density at radius 1 is 1.26 bits per heavy atom. The number of furan rings is 1. The molecule has 0 fully saturated rings. The second-order valence-electron chi connectivity index (χ2n) is 7.64. The number of rotatable bonds is 9. The topological polar surface area (TPSA) is 120 Å². The van der Waals surface area contributed by atoms with Crippen LogP contribution in [0.1, 0.15) is 44.7 Å². The smallest absolute Gasteiger partial charge is 0.341 e. The fraction of sp³-hybridized carbons (Fsp3) is 0.409. The minimum absolute atomic E-state index is 0.0424. The second kappa shape index (κ2) is 10.9. The lowest BCUT2D eigenvalue weighted by Gasteiger charge is -2.09. The zero-order valence-electron chi connectivity index (χ0n) is 19.9. The van der Waals surface area contributed by atoms with Crippen LogP contribution in [-0.4, -0.2) is 64.4 Å². The first kappa shape index (κ1) is 25.5. The normalized spacial score (nSPS) is 10.9. The van der Waals surface area contributed by atoms with Crippen LogP contribution in [0, 0.1) is 13.8 Å². The number of nitrogens with zero attached hydrogens (tertiary/aromatic N) is 4. The van der Waals surface area contributed by atoms with Crippen molar-refractivity contribution in [2.24, 2.45) is 0 Å². The zero-order valence-corrected chi connectivity index (χ0v) is 21.6. The van der Waals surface area contributed by atoms with Crippen molar-refractivity contribution in [3.8, 4) is 11.4 Å². The molecular weight excluding hydrogens is 478 g/mol. The SMILES string of the molecule is CCCn1c(SCC(=O)Nc2sc(C(=O)N(C)C)c(C)c2C(=O)OC)nnc1-c1ccoc1C. The molecule has 3 rings (SSSR count). The summed E-state index contributed by atoms with van der Waals surface area (Å²) in [5, 5.41) is 12.2. The van der Waals surface area contributed by atoms with Crippen molar-refractivity contribution in [2.45, 2.75) is 38.9 Å². The zero-order chi connectivity index (χ0) is 25.0. The molecule has 0 aliphatic heterocycles. The van der Waals surface area contributed by atoms with Gasteiger partial charge in [-0.1, -0.05) is 18.7 Å². The molecule has 0 atom stereocenters. The number of ether oxygens (including phenoxy) is 1. The number of carbonyl (C=O) groups is 3. The number of nitrogens with one attached hydrogen (secondary N) is 1. The molecule has 3 heterocycles. The van der Waals surface area contributed by atoms with E-state index in [9.17, 15) is 14.4 Å². The Bertz CT molecular complexity index is 1210. The standard InChI is InChI=1S/C22H27N5O5S2/c1-7-9-27-18(14-8-10-32-13(14)3)24-25-22(27)33-11-15(28)23-19-16(21(30)31-6)12(2)17(34-19)20(29)26(4)5/h8,10H,7,9,11H2,1-6H3,(H,23,28). The van der Waals surface area contributed by atoms with Gasteiger partial charge in [-0.25, -0.2) is 4.79 Å². The average molecular weight is 506 g/mol. The van der Waals surface area contributed by atoms with Crippen LogP contribution in [0.5, 0.6) is 0 Å². The summed E-state index contributed by atoms with van der Waals surface area (Å²) in [6.45, 7) is 6.25. The van der Waals surface area contributed by atoms with Crippen molar-refractivity contribution < 1.29 is 23.5 Å². The molecule has 0 spiro atoms. The molecule has 0 saturated carbocycles. The number of methoxy groups -OCH3 is 1. The Kier molecular flexibility index (Phi) is 8.15. The van der Waals surface area contributed by atoms with Gasteiger partial charge in [-0.3, -0.25) is 9.59 Å². The summed E-state index contributed by atoms with van der Waals surface area (Å²) in [7, 11) is 4.51. The predicted molar refractivity (Wildman–Crippen MR) is 131 cm³/mol. The molecule has 12 heteroatoms. The molecule has 0 aliphatic rings. The highest BCUT2D eigenvalue weighted by Gasteiger charge is 2.27. The molecule has 1 N–H and O–H groups in total. The van der Waals surface area contributed by atoms with Gasteiger partial charge in [-0.2, -0.15) is 0 Å². The number of anilines is 1. The first-order valence-corrected chi connectivity index (χ1v) is 12.3. The number of hydrogen-bond acceptors (Lipinski definition) is 9. The second-order valence-corrected chi connectivity index (χ2v) is 9.60. The molecule has 0 unspecified atom stereocenters. The maximum Gasteiger partial charge on any atom is 0.341 e. The summed E-state index contributed by atoms with van der Waals surface area (Å²) in [4.78, 5) is 39.4. The minimum atomic E-state index is -0.614. The summed E-state index contributed by atoms with van der Waals surface area (Å²) < 4.78 is 12.2. The maximum absolute atomic E-state index is 12.8. The van der Waals surface area contributed by atoms with E-state index in [2.05, 4.69) is 15.5 Å². The number of carbonyl (C=O) groups excluding carboxylic acids is 3. The van der Waals surface area contributed by atoms with Crippen molar-refractivity contribution >= 4 is 45.9 Å². The van der Waals surface area contributed by atoms with E-state index < -0.39 is 5.97 Å². The highest BCUT2D eigenvalue weighted by molar-refractivity contribution is 7.99. The van der Waals surface area contributed by atoms with Crippen molar-refractivity contribution in [3.05, 3.63) is 34.1 Å². The molecule has 0 bridgehead atoms. The number of esters is 1. The number of amides is 2. The summed E-state index contributed by atoms with van der Waals surface area (Å²) in [5.41, 5.74) is 1.51. The third kappa shape index (κ3) is 5.17. The maximum atomic E-state index is 12.8. The van der Waals surface area contributed by atoms with Crippen LogP contribution >= 0.6 is 23.1 Å². The number of hydrogen-bond donors (Lipinski definition) is 1. The van der Waals surface area contributed by atoms with Crippen LogP contribution in [0.3, 0.4) is 0 Å². The van der Waals surface area contributed by atoms with Gasteiger partial charge in [0.1, 0.15) is 10.8 Å². The first-order chi connectivity index (χ1) is 16.2. The highest BCUT2D eigenvalue weighted by Crippen LogP contribution is 2.35. The van der Waals surface area contributed by atoms with E-state index >= 15 is 0 Å². The Balaban J connectivity index is 1.80. The van der Waals surface area contributed by atoms with Gasteiger partial charge in [0.15, 0.2) is 11.0 Å². The Hall–Kier alpha value is -3.12. The summed E-state index contributed by atoms with van der Waals surface area (Å²) in [6, 6.07) is 1.84. The van der Waals surface area contributed by atoms with Crippen LogP contribution < -0.4 is 5.32 Å². The third-order valence-electron chi connectivity index (χ3n) is 4.99. The van der Waals surface area contributed by atoms with E-state index in [1.807, 2.05) is 24.5 Å². The molecular formula is C22H27N5O5S2.